The van der Waals surface area contributed by atoms with Gasteiger partial charge in [-0.2, -0.15) is 4.31 Å². The molecule has 0 bridgehead atoms. The molecule has 0 spiro atoms. The Bertz CT molecular complexity index is 1200. The van der Waals surface area contributed by atoms with Gasteiger partial charge in [-0.25, -0.2) is 18.4 Å². The predicted molar refractivity (Wildman–Crippen MR) is 112 cm³/mol. The second-order valence-electron chi connectivity index (χ2n) is 7.40. The maximum absolute atomic E-state index is 13.1. The molecule has 3 heterocycles. The molecule has 1 aliphatic rings. The van der Waals surface area contributed by atoms with E-state index in [2.05, 4.69) is 15.3 Å². The van der Waals surface area contributed by atoms with E-state index >= 15 is 0 Å². The van der Waals surface area contributed by atoms with Crippen molar-refractivity contribution in [3.8, 4) is 0 Å². The Morgan fingerprint density at radius 1 is 1.17 bits per heavy atom. The molecule has 1 fully saturated rings. The fraction of sp³-hybridized carbons (Fsp3) is 0.350. The van der Waals surface area contributed by atoms with Crippen LogP contribution in [0.2, 0.25) is 0 Å². The van der Waals surface area contributed by atoms with Crippen LogP contribution in [0.4, 0.5) is 5.95 Å². The van der Waals surface area contributed by atoms with Crippen molar-refractivity contribution in [1.82, 2.24) is 18.8 Å². The predicted octanol–water partition coefficient (Wildman–Crippen LogP) is 2.02. The number of hydrogen-bond acceptors (Lipinski definition) is 6. The van der Waals surface area contributed by atoms with Crippen LogP contribution < -0.4 is 5.32 Å². The third-order valence-corrected chi connectivity index (χ3v) is 6.80. The van der Waals surface area contributed by atoms with Gasteiger partial charge in [-0.15, -0.1) is 0 Å². The van der Waals surface area contributed by atoms with E-state index in [1.54, 1.807) is 42.1 Å². The van der Waals surface area contributed by atoms with Crippen molar-refractivity contribution in [3.05, 3.63) is 48.2 Å². The highest BCUT2D eigenvalue weighted by Crippen LogP contribution is 2.23. The van der Waals surface area contributed by atoms with Crippen molar-refractivity contribution in [2.24, 2.45) is 7.05 Å². The molecule has 9 nitrogen and oxygen atoms in total. The molecule has 2 aromatic heterocycles. The quantitative estimate of drug-likeness (QED) is 0.680. The smallest absolute Gasteiger partial charge is 0.258 e. The fourth-order valence-electron chi connectivity index (χ4n) is 3.58. The molecule has 1 N–H and O–H groups in total. The lowest BCUT2D eigenvalue weighted by molar-refractivity contribution is -0.0440. The first-order valence-corrected chi connectivity index (χ1v) is 11.0. The standard InChI is InChI=1S/C20H23N5O4S/c1-13-11-25(12-14(2)29-13)30(27,28)16-7-4-6-15(10-16)19(26)23-20-22-17-8-5-9-21-18(17)24(20)3/h4-10,13-14H,11-12H2,1-3H3,(H,22,23,26)/t13-,14+. The number of nitrogens with zero attached hydrogens (tertiary/aromatic N) is 4. The van der Waals surface area contributed by atoms with E-state index in [0.29, 0.717) is 17.1 Å². The number of rotatable bonds is 4. The van der Waals surface area contributed by atoms with E-state index in [0.717, 1.165) is 0 Å². The summed E-state index contributed by atoms with van der Waals surface area (Å²) in [6.07, 6.45) is 1.26. The van der Waals surface area contributed by atoms with Crippen LogP contribution in [0.1, 0.15) is 24.2 Å². The highest BCUT2D eigenvalue weighted by molar-refractivity contribution is 7.89. The summed E-state index contributed by atoms with van der Waals surface area (Å²) >= 11 is 0. The molecule has 30 heavy (non-hydrogen) atoms. The lowest BCUT2D eigenvalue weighted by Gasteiger charge is -2.34. The Kier molecular flexibility index (Phi) is 5.31. The first kappa shape index (κ1) is 20.5. The zero-order valence-electron chi connectivity index (χ0n) is 16.9. The minimum absolute atomic E-state index is 0.0723. The third-order valence-electron chi connectivity index (χ3n) is 4.97. The van der Waals surface area contributed by atoms with Gasteiger partial charge in [0.2, 0.25) is 16.0 Å². The van der Waals surface area contributed by atoms with E-state index in [1.807, 2.05) is 13.8 Å². The molecule has 2 atom stereocenters. The van der Waals surface area contributed by atoms with Crippen molar-refractivity contribution in [2.75, 3.05) is 18.4 Å². The number of nitrogens with one attached hydrogen (secondary N) is 1. The Balaban J connectivity index is 1.59. The van der Waals surface area contributed by atoms with Gasteiger partial charge in [-0.05, 0) is 44.2 Å². The second kappa shape index (κ2) is 7.78. The number of hydrogen-bond donors (Lipinski definition) is 1. The van der Waals surface area contributed by atoms with Crippen LogP contribution >= 0.6 is 0 Å². The molecule has 0 aliphatic carbocycles. The number of carbonyl (C=O) groups is 1. The van der Waals surface area contributed by atoms with Gasteiger partial charge in [-0.3, -0.25) is 14.7 Å². The number of benzene rings is 1. The van der Waals surface area contributed by atoms with Gasteiger partial charge >= 0.3 is 0 Å². The fourth-order valence-corrected chi connectivity index (χ4v) is 5.22. The molecule has 4 rings (SSSR count). The van der Waals surface area contributed by atoms with Crippen LogP contribution in [0.3, 0.4) is 0 Å². The molecular formula is C20H23N5O4S. The number of aromatic nitrogens is 3. The zero-order chi connectivity index (χ0) is 21.5. The van der Waals surface area contributed by atoms with E-state index in [1.165, 1.54) is 16.4 Å². The molecule has 1 aromatic carbocycles. The summed E-state index contributed by atoms with van der Waals surface area (Å²) in [6.45, 7) is 4.23. The van der Waals surface area contributed by atoms with Crippen molar-refractivity contribution in [3.63, 3.8) is 0 Å². The Labute approximate surface area is 174 Å². The van der Waals surface area contributed by atoms with Gasteiger partial charge in [-0.1, -0.05) is 6.07 Å². The van der Waals surface area contributed by atoms with Crippen LogP contribution in [0, 0.1) is 0 Å². The van der Waals surface area contributed by atoms with Crippen LogP contribution in [0.25, 0.3) is 11.2 Å². The normalized spacial score (nSPS) is 20.4. The molecule has 3 aromatic rings. The number of imidazole rings is 1. The topological polar surface area (TPSA) is 106 Å². The van der Waals surface area contributed by atoms with Crippen LogP contribution in [-0.4, -0.2) is 58.5 Å². The van der Waals surface area contributed by atoms with Gasteiger partial charge in [0.25, 0.3) is 5.91 Å². The van der Waals surface area contributed by atoms with Gasteiger partial charge in [0.15, 0.2) is 5.65 Å². The van der Waals surface area contributed by atoms with Gasteiger partial charge in [0, 0.05) is 31.9 Å². The number of morpholine rings is 1. The highest BCUT2D eigenvalue weighted by atomic mass is 32.2. The summed E-state index contributed by atoms with van der Waals surface area (Å²) in [5, 5.41) is 2.73. The maximum atomic E-state index is 13.1. The average molecular weight is 430 g/mol. The monoisotopic (exact) mass is 429 g/mol. The zero-order valence-corrected chi connectivity index (χ0v) is 17.8. The Morgan fingerprint density at radius 3 is 2.60 bits per heavy atom. The van der Waals surface area contributed by atoms with Gasteiger partial charge < -0.3 is 4.74 Å². The molecule has 10 heteroatoms. The van der Waals surface area contributed by atoms with Gasteiger partial charge in [0.05, 0.1) is 17.1 Å². The second-order valence-corrected chi connectivity index (χ2v) is 9.34. The van der Waals surface area contributed by atoms with Gasteiger partial charge in [0.1, 0.15) is 5.52 Å². The molecule has 0 radical (unpaired) electrons. The average Bonchev–Trinajstić information content (AvgIpc) is 3.03. The number of carbonyl (C=O) groups excluding carboxylic acids is 1. The number of fused-ring (bicyclic) bond motifs is 1. The lowest BCUT2D eigenvalue weighted by Crippen LogP contribution is -2.48. The van der Waals surface area contributed by atoms with Crippen molar-refractivity contribution in [1.29, 1.82) is 0 Å². The summed E-state index contributed by atoms with van der Waals surface area (Å²) < 4.78 is 34.9. The molecule has 1 saturated heterocycles. The Hall–Kier alpha value is -2.82. The minimum atomic E-state index is -3.74. The largest absolute Gasteiger partial charge is 0.373 e. The van der Waals surface area contributed by atoms with Crippen molar-refractivity contribution >= 4 is 33.0 Å². The van der Waals surface area contributed by atoms with Crippen molar-refractivity contribution < 1.29 is 17.9 Å². The molecule has 0 saturated carbocycles. The van der Waals surface area contributed by atoms with E-state index in [9.17, 15) is 13.2 Å². The maximum Gasteiger partial charge on any atom is 0.258 e. The number of ether oxygens (including phenoxy) is 1. The number of pyridine rings is 1. The molecule has 1 amide bonds. The molecular weight excluding hydrogens is 406 g/mol. The number of sulfonamides is 1. The number of anilines is 1. The number of amides is 1. The van der Waals surface area contributed by atoms with Crippen LogP contribution in [0.5, 0.6) is 0 Å². The third kappa shape index (κ3) is 3.81. The van der Waals surface area contributed by atoms with E-state index < -0.39 is 15.9 Å². The first-order valence-electron chi connectivity index (χ1n) is 9.60. The summed E-state index contributed by atoms with van der Waals surface area (Å²) in [5.41, 5.74) is 1.52. The van der Waals surface area contributed by atoms with Crippen molar-refractivity contribution in [2.45, 2.75) is 31.0 Å². The van der Waals surface area contributed by atoms with Crippen LogP contribution in [0.15, 0.2) is 47.5 Å². The summed E-state index contributed by atoms with van der Waals surface area (Å²) in [4.78, 5) is 21.5. The molecule has 0 unspecified atom stereocenters. The number of aryl methyl sites for hydroxylation is 1. The summed E-state index contributed by atoms with van der Waals surface area (Å²) in [7, 11) is -1.99. The summed E-state index contributed by atoms with van der Waals surface area (Å²) in [6, 6.07) is 9.58. The Morgan fingerprint density at radius 2 is 1.90 bits per heavy atom. The molecule has 158 valence electrons. The van der Waals surface area contributed by atoms with E-state index in [4.69, 9.17) is 4.74 Å². The summed E-state index contributed by atoms with van der Waals surface area (Å²) in [5.74, 6) is -0.119. The first-order chi connectivity index (χ1) is 14.3. The van der Waals surface area contributed by atoms with E-state index in [-0.39, 0.29) is 35.8 Å². The minimum Gasteiger partial charge on any atom is -0.373 e. The molecule has 1 aliphatic heterocycles. The van der Waals surface area contributed by atoms with Crippen LogP contribution in [-0.2, 0) is 21.8 Å². The lowest BCUT2D eigenvalue weighted by atomic mass is 10.2. The highest BCUT2D eigenvalue weighted by Gasteiger charge is 2.32. The SMILES string of the molecule is C[C@@H]1CN(S(=O)(=O)c2cccc(C(=O)Nc3nc4cccnc4n3C)c2)C[C@H](C)O1.